The predicted molar refractivity (Wildman–Crippen MR) is 82.2 cm³/mol. The molecule has 2 amide bonds. The van der Waals surface area contributed by atoms with E-state index in [0.29, 0.717) is 17.9 Å². The Morgan fingerprint density at radius 3 is 2.50 bits per heavy atom. The van der Waals surface area contributed by atoms with Gasteiger partial charge in [-0.15, -0.1) is 0 Å². The summed E-state index contributed by atoms with van der Waals surface area (Å²) in [5, 5.41) is 8.99. The van der Waals surface area contributed by atoms with Gasteiger partial charge in [-0.1, -0.05) is 6.07 Å². The Labute approximate surface area is 136 Å². The molecule has 1 aromatic carbocycles. The highest BCUT2D eigenvalue weighted by molar-refractivity contribution is 6.39. The highest BCUT2D eigenvalue weighted by Crippen LogP contribution is 2.43. The van der Waals surface area contributed by atoms with Crippen LogP contribution in [0.5, 0.6) is 0 Å². The van der Waals surface area contributed by atoms with Crippen molar-refractivity contribution in [2.45, 2.75) is 25.3 Å². The average molecular weight is 334 g/mol. The Morgan fingerprint density at radius 2 is 1.92 bits per heavy atom. The third-order valence-corrected chi connectivity index (χ3v) is 3.93. The third kappa shape index (κ3) is 3.12. The van der Waals surface area contributed by atoms with Crippen molar-refractivity contribution in [3.63, 3.8) is 0 Å². The number of rotatable bonds is 3. The van der Waals surface area contributed by atoms with Crippen LogP contribution in [0.4, 0.5) is 14.6 Å². The molecule has 126 valence electrons. The van der Waals surface area contributed by atoms with Gasteiger partial charge in [-0.3, -0.25) is 14.3 Å². The first-order valence-electron chi connectivity index (χ1n) is 7.43. The molecule has 2 N–H and O–H groups in total. The predicted octanol–water partition coefficient (Wildman–Crippen LogP) is 1.62. The summed E-state index contributed by atoms with van der Waals surface area (Å²) < 4.78 is 28.8. The molecule has 2 aromatic rings. The van der Waals surface area contributed by atoms with Crippen LogP contribution < -0.4 is 10.6 Å². The van der Waals surface area contributed by atoms with E-state index in [4.69, 9.17) is 0 Å². The number of amides is 2. The van der Waals surface area contributed by atoms with Crippen LogP contribution in [0.15, 0.2) is 24.3 Å². The first kappa shape index (κ1) is 16.1. The lowest BCUT2D eigenvalue weighted by atomic mass is 10.1. The van der Waals surface area contributed by atoms with Gasteiger partial charge in [-0.05, 0) is 25.5 Å². The second-order valence-corrected chi connectivity index (χ2v) is 5.81. The van der Waals surface area contributed by atoms with E-state index in [0.717, 1.165) is 0 Å². The first-order valence-corrected chi connectivity index (χ1v) is 7.43. The number of aryl methyl sites for hydroxylation is 2. The van der Waals surface area contributed by atoms with Crippen LogP contribution in [0, 0.1) is 18.6 Å². The maximum absolute atomic E-state index is 13.7. The SMILES string of the molecule is Cc1cc(NC(=O)C(=O)N[C@@H]2C[C@@H]2c2c(F)cccc2F)n(C)n1. The lowest BCUT2D eigenvalue weighted by Crippen LogP contribution is -2.37. The molecule has 24 heavy (non-hydrogen) atoms. The quantitative estimate of drug-likeness (QED) is 0.838. The van der Waals surface area contributed by atoms with Crippen molar-refractivity contribution >= 4 is 17.6 Å². The fourth-order valence-corrected chi connectivity index (χ4v) is 2.67. The van der Waals surface area contributed by atoms with Gasteiger partial charge in [0.05, 0.1) is 5.69 Å². The average Bonchev–Trinajstić information content (AvgIpc) is 3.16. The number of benzene rings is 1. The molecule has 0 bridgehead atoms. The summed E-state index contributed by atoms with van der Waals surface area (Å²) in [7, 11) is 1.64. The van der Waals surface area contributed by atoms with Crippen molar-refractivity contribution < 1.29 is 18.4 Å². The van der Waals surface area contributed by atoms with Crippen molar-refractivity contribution in [3.8, 4) is 0 Å². The number of halogens is 2. The standard InChI is InChI=1S/C16H16F2N4O2/c1-8-6-13(22(2)21-8)20-16(24)15(23)19-12-7-9(12)14-10(17)4-3-5-11(14)18/h3-6,9,12H,7H2,1-2H3,(H,19,23)(H,20,24)/t9-,12+/m0/s1. The van der Waals surface area contributed by atoms with Gasteiger partial charge in [0.1, 0.15) is 17.5 Å². The van der Waals surface area contributed by atoms with E-state index in [1.807, 2.05) is 0 Å². The minimum Gasteiger partial charge on any atom is -0.344 e. The van der Waals surface area contributed by atoms with Crippen molar-refractivity contribution in [1.82, 2.24) is 15.1 Å². The highest BCUT2D eigenvalue weighted by atomic mass is 19.1. The molecule has 0 spiro atoms. The molecular formula is C16H16F2N4O2. The maximum Gasteiger partial charge on any atom is 0.314 e. The summed E-state index contributed by atoms with van der Waals surface area (Å²) in [5.74, 6) is -3.06. The van der Waals surface area contributed by atoms with Crippen LogP contribution in [-0.4, -0.2) is 27.6 Å². The monoisotopic (exact) mass is 334 g/mol. The molecular weight excluding hydrogens is 318 g/mol. The molecule has 1 aromatic heterocycles. The van der Waals surface area contributed by atoms with E-state index >= 15 is 0 Å². The molecule has 0 radical (unpaired) electrons. The molecule has 1 aliphatic carbocycles. The van der Waals surface area contributed by atoms with Crippen LogP contribution in [0.25, 0.3) is 0 Å². The summed E-state index contributed by atoms with van der Waals surface area (Å²) in [5.41, 5.74) is 0.649. The Morgan fingerprint density at radius 1 is 1.25 bits per heavy atom. The van der Waals surface area contributed by atoms with E-state index in [9.17, 15) is 18.4 Å². The highest BCUT2D eigenvalue weighted by Gasteiger charge is 2.43. The molecule has 0 aliphatic heterocycles. The lowest BCUT2D eigenvalue weighted by Gasteiger charge is -2.07. The second kappa shape index (κ2) is 6.03. The first-order chi connectivity index (χ1) is 11.4. The molecule has 1 heterocycles. The molecule has 3 rings (SSSR count). The number of carbonyl (C=O) groups excluding carboxylic acids is 2. The van der Waals surface area contributed by atoms with Gasteiger partial charge in [0.25, 0.3) is 0 Å². The van der Waals surface area contributed by atoms with Crippen molar-refractivity contribution in [2.75, 3.05) is 5.32 Å². The van der Waals surface area contributed by atoms with Crippen LogP contribution in [0.1, 0.15) is 23.6 Å². The minimum absolute atomic E-state index is 0.0505. The Kier molecular flexibility index (Phi) is 4.04. The van der Waals surface area contributed by atoms with E-state index in [2.05, 4.69) is 15.7 Å². The number of aromatic nitrogens is 2. The lowest BCUT2D eigenvalue weighted by molar-refractivity contribution is -0.136. The van der Waals surface area contributed by atoms with Gasteiger partial charge in [0, 0.05) is 30.6 Å². The zero-order valence-corrected chi connectivity index (χ0v) is 13.1. The third-order valence-electron chi connectivity index (χ3n) is 3.93. The van der Waals surface area contributed by atoms with Crippen LogP contribution in [0.3, 0.4) is 0 Å². The smallest absolute Gasteiger partial charge is 0.314 e. The Bertz CT molecular complexity index is 798. The fourth-order valence-electron chi connectivity index (χ4n) is 2.67. The number of hydrogen-bond donors (Lipinski definition) is 2. The molecule has 1 saturated carbocycles. The van der Waals surface area contributed by atoms with E-state index in [1.54, 1.807) is 20.0 Å². The van der Waals surface area contributed by atoms with Gasteiger partial charge in [0.15, 0.2) is 0 Å². The van der Waals surface area contributed by atoms with E-state index in [1.165, 1.54) is 22.9 Å². The second-order valence-electron chi connectivity index (χ2n) is 5.81. The molecule has 1 fully saturated rings. The zero-order chi connectivity index (χ0) is 17.4. The van der Waals surface area contributed by atoms with Crippen molar-refractivity contribution in [3.05, 3.63) is 47.2 Å². The Hall–Kier alpha value is -2.77. The topological polar surface area (TPSA) is 76.0 Å². The summed E-state index contributed by atoms with van der Waals surface area (Å²) in [6, 6.07) is 4.80. The number of nitrogens with zero attached hydrogens (tertiary/aromatic N) is 2. The van der Waals surface area contributed by atoms with Crippen LogP contribution in [0.2, 0.25) is 0 Å². The molecule has 0 saturated heterocycles. The minimum atomic E-state index is -0.849. The van der Waals surface area contributed by atoms with E-state index < -0.39 is 35.4 Å². The largest absolute Gasteiger partial charge is 0.344 e. The molecule has 8 heteroatoms. The zero-order valence-electron chi connectivity index (χ0n) is 13.1. The maximum atomic E-state index is 13.7. The van der Waals surface area contributed by atoms with Gasteiger partial charge in [0.2, 0.25) is 0 Å². The number of carbonyl (C=O) groups is 2. The number of hydrogen-bond acceptors (Lipinski definition) is 3. The fraction of sp³-hybridized carbons (Fsp3) is 0.312. The molecule has 1 aliphatic rings. The summed E-state index contributed by atoms with van der Waals surface area (Å²) >= 11 is 0. The van der Waals surface area contributed by atoms with Gasteiger partial charge >= 0.3 is 11.8 Å². The van der Waals surface area contributed by atoms with Crippen molar-refractivity contribution in [2.24, 2.45) is 7.05 Å². The summed E-state index contributed by atoms with van der Waals surface area (Å²) in [6.45, 7) is 1.76. The van der Waals surface area contributed by atoms with Gasteiger partial charge < -0.3 is 10.6 Å². The Balaban J connectivity index is 1.60. The van der Waals surface area contributed by atoms with Gasteiger partial charge in [-0.2, -0.15) is 5.10 Å². The molecule has 0 unspecified atom stereocenters. The van der Waals surface area contributed by atoms with Crippen LogP contribution >= 0.6 is 0 Å². The normalized spacial score (nSPS) is 19.0. The number of nitrogens with one attached hydrogen (secondary N) is 2. The molecule has 6 nitrogen and oxygen atoms in total. The molecule has 2 atom stereocenters. The summed E-state index contributed by atoms with van der Waals surface area (Å²) in [4.78, 5) is 23.8. The summed E-state index contributed by atoms with van der Waals surface area (Å²) in [6.07, 6.45) is 0.391. The van der Waals surface area contributed by atoms with Crippen LogP contribution in [-0.2, 0) is 16.6 Å². The van der Waals surface area contributed by atoms with Crippen molar-refractivity contribution in [1.29, 1.82) is 0 Å². The van der Waals surface area contributed by atoms with Gasteiger partial charge in [-0.25, -0.2) is 8.78 Å². The number of anilines is 1. The van der Waals surface area contributed by atoms with E-state index in [-0.39, 0.29) is 5.56 Å².